The lowest BCUT2D eigenvalue weighted by molar-refractivity contribution is 0.303. The molecule has 0 aliphatic carbocycles. The average Bonchev–Trinajstić information content (AvgIpc) is 2.73. The molecule has 3 heteroatoms. The van der Waals surface area contributed by atoms with Crippen LogP contribution in [0.5, 0.6) is 5.75 Å². The molecule has 0 saturated heterocycles. The van der Waals surface area contributed by atoms with Crippen LogP contribution in [0.4, 0.5) is 5.69 Å². The van der Waals surface area contributed by atoms with Crippen LogP contribution in [0.1, 0.15) is 16.7 Å². The molecule has 0 bridgehead atoms. The molecule has 0 aliphatic heterocycles. The third kappa shape index (κ3) is 4.20. The molecule has 4 rings (SSSR count). The van der Waals surface area contributed by atoms with Gasteiger partial charge in [0.2, 0.25) is 0 Å². The van der Waals surface area contributed by atoms with Gasteiger partial charge in [0, 0.05) is 22.3 Å². The van der Waals surface area contributed by atoms with Crippen LogP contribution in [0.2, 0.25) is 0 Å². The lowest BCUT2D eigenvalue weighted by Gasteiger charge is -2.16. The molecule has 0 heterocycles. The maximum atomic E-state index is 6.27. The third-order valence-corrected chi connectivity index (χ3v) is 5.48. The highest BCUT2D eigenvalue weighted by Gasteiger charge is 2.10. The van der Waals surface area contributed by atoms with E-state index in [4.69, 9.17) is 4.74 Å². The minimum absolute atomic E-state index is 0.566. The Morgan fingerprint density at radius 3 is 2.39 bits per heavy atom. The predicted molar refractivity (Wildman–Crippen MR) is 121 cm³/mol. The molecule has 4 aromatic rings. The van der Waals surface area contributed by atoms with Crippen LogP contribution in [0.15, 0.2) is 89.4 Å². The van der Waals surface area contributed by atoms with E-state index in [0.29, 0.717) is 13.2 Å². The molecular weight excluding hydrogens is 410 g/mol. The quantitative estimate of drug-likeness (QED) is 0.351. The maximum Gasteiger partial charge on any atom is 0.125 e. The number of halogens is 1. The molecular formula is C25H22BrNO. The minimum Gasteiger partial charge on any atom is -0.489 e. The van der Waals surface area contributed by atoms with Gasteiger partial charge in [-0.25, -0.2) is 0 Å². The lowest BCUT2D eigenvalue weighted by Crippen LogP contribution is -2.05. The Morgan fingerprint density at radius 1 is 0.821 bits per heavy atom. The van der Waals surface area contributed by atoms with Gasteiger partial charge in [-0.1, -0.05) is 70.5 Å². The van der Waals surface area contributed by atoms with Gasteiger partial charge in [0.05, 0.1) is 0 Å². The highest BCUT2D eigenvalue weighted by Crippen LogP contribution is 2.30. The zero-order valence-corrected chi connectivity index (χ0v) is 17.4. The SMILES string of the molecule is Cc1ccccc1COc1ccc2ccccc2c1CNc1ccc(Br)cc1. The highest BCUT2D eigenvalue weighted by atomic mass is 79.9. The standard InChI is InChI=1S/C25H22BrNO/c1-18-6-2-3-8-20(18)17-28-25-15-10-19-7-4-5-9-23(19)24(25)16-27-22-13-11-21(26)12-14-22/h2-15,27H,16-17H2,1H3. The molecule has 0 atom stereocenters. The molecule has 28 heavy (non-hydrogen) atoms. The van der Waals surface area contributed by atoms with Crippen molar-refractivity contribution in [2.45, 2.75) is 20.1 Å². The molecule has 0 unspecified atom stereocenters. The Labute approximate surface area is 174 Å². The fraction of sp³-hybridized carbons (Fsp3) is 0.120. The number of fused-ring (bicyclic) bond motifs is 1. The van der Waals surface area contributed by atoms with Crippen LogP contribution in [-0.2, 0) is 13.2 Å². The van der Waals surface area contributed by atoms with E-state index in [1.165, 1.54) is 27.5 Å². The Morgan fingerprint density at radius 2 is 1.57 bits per heavy atom. The Hall–Kier alpha value is -2.78. The van der Waals surface area contributed by atoms with E-state index in [1.807, 2.05) is 12.1 Å². The number of rotatable bonds is 6. The molecule has 140 valence electrons. The van der Waals surface area contributed by atoms with Crippen LogP contribution < -0.4 is 10.1 Å². The van der Waals surface area contributed by atoms with E-state index >= 15 is 0 Å². The number of hydrogen-bond acceptors (Lipinski definition) is 2. The van der Waals surface area contributed by atoms with Crippen molar-refractivity contribution in [3.05, 3.63) is 106 Å². The molecule has 0 saturated carbocycles. The average molecular weight is 432 g/mol. The summed E-state index contributed by atoms with van der Waals surface area (Å²) in [6, 6.07) is 29.3. The lowest BCUT2D eigenvalue weighted by atomic mass is 10.0. The monoisotopic (exact) mass is 431 g/mol. The van der Waals surface area contributed by atoms with Gasteiger partial charge in [-0.15, -0.1) is 0 Å². The molecule has 0 fully saturated rings. The second-order valence-corrected chi connectivity index (χ2v) is 7.75. The van der Waals surface area contributed by atoms with Crippen LogP contribution >= 0.6 is 15.9 Å². The largest absolute Gasteiger partial charge is 0.489 e. The fourth-order valence-electron chi connectivity index (χ4n) is 3.32. The topological polar surface area (TPSA) is 21.3 Å². The summed E-state index contributed by atoms with van der Waals surface area (Å²) in [7, 11) is 0. The maximum absolute atomic E-state index is 6.27. The van der Waals surface area contributed by atoms with Crippen molar-refractivity contribution in [2.24, 2.45) is 0 Å². The second-order valence-electron chi connectivity index (χ2n) is 6.84. The first-order valence-electron chi connectivity index (χ1n) is 9.38. The van der Waals surface area contributed by atoms with Gasteiger partial charge in [0.25, 0.3) is 0 Å². The number of nitrogens with one attached hydrogen (secondary N) is 1. The van der Waals surface area contributed by atoms with E-state index < -0.39 is 0 Å². The molecule has 0 aromatic heterocycles. The number of anilines is 1. The van der Waals surface area contributed by atoms with E-state index in [-0.39, 0.29) is 0 Å². The van der Waals surface area contributed by atoms with Crippen LogP contribution in [0.25, 0.3) is 10.8 Å². The molecule has 1 N–H and O–H groups in total. The molecule has 0 radical (unpaired) electrons. The highest BCUT2D eigenvalue weighted by molar-refractivity contribution is 9.10. The first kappa shape index (κ1) is 18.6. The molecule has 2 nitrogen and oxygen atoms in total. The zero-order chi connectivity index (χ0) is 19.3. The van der Waals surface area contributed by atoms with Gasteiger partial charge in [0.15, 0.2) is 0 Å². The van der Waals surface area contributed by atoms with Gasteiger partial charge in [-0.05, 0) is 59.2 Å². The van der Waals surface area contributed by atoms with Crippen LogP contribution in [0.3, 0.4) is 0 Å². The van der Waals surface area contributed by atoms with Crippen molar-refractivity contribution in [1.29, 1.82) is 0 Å². The summed E-state index contributed by atoms with van der Waals surface area (Å²) in [5, 5.41) is 5.97. The second kappa shape index (κ2) is 8.49. The predicted octanol–water partition coefficient (Wildman–Crippen LogP) is 7.10. The summed E-state index contributed by atoms with van der Waals surface area (Å²) in [6.45, 7) is 3.39. The van der Waals surface area contributed by atoms with Crippen molar-refractivity contribution < 1.29 is 4.74 Å². The number of hydrogen-bond donors (Lipinski definition) is 1. The van der Waals surface area contributed by atoms with E-state index in [1.54, 1.807) is 0 Å². The third-order valence-electron chi connectivity index (χ3n) is 4.96. The smallest absolute Gasteiger partial charge is 0.125 e. The summed E-state index contributed by atoms with van der Waals surface area (Å²) in [4.78, 5) is 0. The zero-order valence-electron chi connectivity index (χ0n) is 15.8. The van der Waals surface area contributed by atoms with E-state index in [9.17, 15) is 0 Å². The Bertz CT molecular complexity index is 1090. The fourth-order valence-corrected chi connectivity index (χ4v) is 3.58. The normalized spacial score (nSPS) is 10.8. The van der Waals surface area contributed by atoms with Gasteiger partial charge < -0.3 is 10.1 Å². The van der Waals surface area contributed by atoms with E-state index in [2.05, 4.69) is 101 Å². The van der Waals surface area contributed by atoms with Crippen molar-refractivity contribution in [2.75, 3.05) is 5.32 Å². The van der Waals surface area contributed by atoms with Crippen molar-refractivity contribution in [3.63, 3.8) is 0 Å². The summed E-state index contributed by atoms with van der Waals surface area (Å²) in [6.07, 6.45) is 0. The van der Waals surface area contributed by atoms with E-state index in [0.717, 1.165) is 15.9 Å². The molecule has 4 aromatic carbocycles. The van der Waals surface area contributed by atoms with Crippen LogP contribution in [0, 0.1) is 6.92 Å². The number of aryl methyl sites for hydroxylation is 1. The number of benzene rings is 4. The first-order valence-corrected chi connectivity index (χ1v) is 10.2. The van der Waals surface area contributed by atoms with Crippen molar-refractivity contribution in [1.82, 2.24) is 0 Å². The van der Waals surface area contributed by atoms with Gasteiger partial charge in [-0.2, -0.15) is 0 Å². The summed E-state index contributed by atoms with van der Waals surface area (Å²) in [5.41, 5.74) is 4.72. The summed E-state index contributed by atoms with van der Waals surface area (Å²) in [5.74, 6) is 0.923. The van der Waals surface area contributed by atoms with Gasteiger partial charge in [-0.3, -0.25) is 0 Å². The van der Waals surface area contributed by atoms with Crippen molar-refractivity contribution in [3.8, 4) is 5.75 Å². The molecule has 0 amide bonds. The summed E-state index contributed by atoms with van der Waals surface area (Å²) < 4.78 is 7.35. The Kier molecular flexibility index (Phi) is 5.63. The van der Waals surface area contributed by atoms with Gasteiger partial charge in [0.1, 0.15) is 12.4 Å². The van der Waals surface area contributed by atoms with Gasteiger partial charge >= 0.3 is 0 Å². The van der Waals surface area contributed by atoms with Crippen molar-refractivity contribution >= 4 is 32.4 Å². The van der Waals surface area contributed by atoms with Crippen LogP contribution in [-0.4, -0.2) is 0 Å². The Balaban J connectivity index is 1.62. The number of ether oxygens (including phenoxy) is 1. The minimum atomic E-state index is 0.566. The first-order chi connectivity index (χ1) is 13.7. The molecule has 0 aliphatic rings. The summed E-state index contributed by atoms with van der Waals surface area (Å²) >= 11 is 3.49. The molecule has 0 spiro atoms.